The smallest absolute Gasteiger partial charge is 0.315 e. The van der Waals surface area contributed by atoms with Gasteiger partial charge in [0.15, 0.2) is 0 Å². The quantitative estimate of drug-likeness (QED) is 0.855. The van der Waals surface area contributed by atoms with Crippen LogP contribution in [0.5, 0.6) is 0 Å². The third-order valence-electron chi connectivity index (χ3n) is 2.38. The van der Waals surface area contributed by atoms with Gasteiger partial charge in [-0.05, 0) is 37.0 Å². The van der Waals surface area contributed by atoms with Crippen molar-refractivity contribution >= 4 is 34.9 Å². The summed E-state index contributed by atoms with van der Waals surface area (Å²) in [5.74, 6) is 0.630. The molecule has 0 atom stereocenters. The Labute approximate surface area is 110 Å². The molecule has 0 spiro atoms. The molecule has 2 N–H and O–H groups in total. The van der Waals surface area contributed by atoms with Gasteiger partial charge in [0.2, 0.25) is 0 Å². The lowest BCUT2D eigenvalue weighted by molar-refractivity contribution is 0.255. The van der Waals surface area contributed by atoms with Crippen molar-refractivity contribution < 1.29 is 4.79 Å². The highest BCUT2D eigenvalue weighted by Gasteiger charge is 2.17. The van der Waals surface area contributed by atoms with E-state index in [0.29, 0.717) is 21.7 Å². The molecule has 0 aliphatic heterocycles. The first-order chi connectivity index (χ1) is 8.15. The second-order valence-corrected chi connectivity index (χ2v) is 4.76. The average Bonchev–Trinajstić information content (AvgIpc) is 3.07. The molecule has 1 saturated carbocycles. The van der Waals surface area contributed by atoms with Gasteiger partial charge in [-0.3, -0.25) is 0 Å². The van der Waals surface area contributed by atoms with E-state index >= 15 is 0 Å². The van der Waals surface area contributed by atoms with Crippen LogP contribution in [0.1, 0.15) is 12.8 Å². The highest BCUT2D eigenvalue weighted by molar-refractivity contribution is 6.35. The van der Waals surface area contributed by atoms with Gasteiger partial charge in [-0.25, -0.2) is 4.79 Å². The summed E-state index contributed by atoms with van der Waals surface area (Å²) in [6.07, 6.45) is 6.06. The molecule has 0 aromatic heterocycles. The minimum Gasteiger partial charge on any atom is -0.315 e. The minimum atomic E-state index is -0.328. The van der Waals surface area contributed by atoms with E-state index in [2.05, 4.69) is 10.6 Å². The van der Waals surface area contributed by atoms with E-state index in [1.807, 2.05) is 6.08 Å². The molecule has 1 aliphatic rings. The van der Waals surface area contributed by atoms with Crippen LogP contribution in [-0.4, -0.2) is 6.03 Å². The van der Waals surface area contributed by atoms with Crippen LogP contribution < -0.4 is 10.6 Å². The van der Waals surface area contributed by atoms with E-state index in [4.69, 9.17) is 23.2 Å². The van der Waals surface area contributed by atoms with Crippen molar-refractivity contribution in [2.24, 2.45) is 5.92 Å². The van der Waals surface area contributed by atoms with Crippen molar-refractivity contribution in [1.29, 1.82) is 0 Å². The van der Waals surface area contributed by atoms with Gasteiger partial charge in [0.25, 0.3) is 0 Å². The van der Waals surface area contributed by atoms with Gasteiger partial charge < -0.3 is 10.6 Å². The molecular formula is C12H12Cl2N2O. The molecule has 90 valence electrons. The normalized spacial score (nSPS) is 14.9. The number of hydrogen-bond acceptors (Lipinski definition) is 1. The zero-order valence-electron chi connectivity index (χ0n) is 9.04. The van der Waals surface area contributed by atoms with Crippen LogP contribution in [0, 0.1) is 5.92 Å². The summed E-state index contributed by atoms with van der Waals surface area (Å²) >= 11 is 11.7. The number of hydrogen-bond donors (Lipinski definition) is 2. The molecule has 5 heteroatoms. The third kappa shape index (κ3) is 3.95. The van der Waals surface area contributed by atoms with Crippen molar-refractivity contribution in [3.63, 3.8) is 0 Å². The van der Waals surface area contributed by atoms with Gasteiger partial charge >= 0.3 is 6.03 Å². The number of carbonyl (C=O) groups is 1. The maximum Gasteiger partial charge on any atom is 0.323 e. The largest absolute Gasteiger partial charge is 0.323 e. The van der Waals surface area contributed by atoms with E-state index in [0.717, 1.165) is 0 Å². The summed E-state index contributed by atoms with van der Waals surface area (Å²) < 4.78 is 0. The Morgan fingerprint density at radius 3 is 2.82 bits per heavy atom. The molecule has 0 heterocycles. The first-order valence-corrected chi connectivity index (χ1v) is 6.10. The van der Waals surface area contributed by atoms with Crippen molar-refractivity contribution in [3.05, 3.63) is 40.5 Å². The summed E-state index contributed by atoms with van der Waals surface area (Å²) in [5.41, 5.74) is 0.497. The summed E-state index contributed by atoms with van der Waals surface area (Å²) in [5, 5.41) is 6.22. The minimum absolute atomic E-state index is 0.328. The fourth-order valence-corrected chi connectivity index (χ4v) is 1.64. The number of rotatable bonds is 3. The van der Waals surface area contributed by atoms with Gasteiger partial charge in [-0.15, -0.1) is 0 Å². The molecule has 3 nitrogen and oxygen atoms in total. The highest BCUT2D eigenvalue weighted by atomic mass is 35.5. The lowest BCUT2D eigenvalue weighted by Crippen LogP contribution is -2.24. The Morgan fingerprint density at radius 2 is 2.12 bits per heavy atom. The number of halogens is 2. The number of nitrogens with one attached hydrogen (secondary N) is 2. The molecule has 0 bridgehead atoms. The molecule has 17 heavy (non-hydrogen) atoms. The molecule has 2 amide bonds. The predicted octanol–water partition coefficient (Wildman–Crippen LogP) is 4.04. The summed E-state index contributed by atoms with van der Waals surface area (Å²) in [4.78, 5) is 11.5. The van der Waals surface area contributed by atoms with Crippen LogP contribution in [0.4, 0.5) is 10.5 Å². The Morgan fingerprint density at radius 1 is 1.35 bits per heavy atom. The Bertz CT molecular complexity index is 456. The molecule has 1 aromatic carbocycles. The SMILES string of the molecule is O=C(N/C=C/C1CC1)Nc1cc(Cl)ccc1Cl. The van der Waals surface area contributed by atoms with E-state index in [1.165, 1.54) is 12.8 Å². The fourth-order valence-electron chi connectivity index (χ4n) is 1.30. The topological polar surface area (TPSA) is 41.1 Å². The zero-order chi connectivity index (χ0) is 12.3. The van der Waals surface area contributed by atoms with Crippen molar-refractivity contribution in [2.45, 2.75) is 12.8 Å². The van der Waals surface area contributed by atoms with Gasteiger partial charge in [0.05, 0.1) is 10.7 Å². The average molecular weight is 271 g/mol. The molecular weight excluding hydrogens is 259 g/mol. The lowest BCUT2D eigenvalue weighted by Gasteiger charge is -2.06. The number of urea groups is 1. The Balaban J connectivity index is 1.90. The Kier molecular flexibility index (Phi) is 3.92. The van der Waals surface area contributed by atoms with Gasteiger partial charge in [-0.2, -0.15) is 0 Å². The van der Waals surface area contributed by atoms with Gasteiger partial charge in [0, 0.05) is 11.2 Å². The number of amides is 2. The Hall–Kier alpha value is -1.19. The van der Waals surface area contributed by atoms with Crippen LogP contribution in [0.3, 0.4) is 0 Å². The van der Waals surface area contributed by atoms with E-state index in [-0.39, 0.29) is 6.03 Å². The van der Waals surface area contributed by atoms with Crippen molar-refractivity contribution in [3.8, 4) is 0 Å². The predicted molar refractivity (Wildman–Crippen MR) is 70.5 cm³/mol. The van der Waals surface area contributed by atoms with Crippen LogP contribution in [-0.2, 0) is 0 Å². The third-order valence-corrected chi connectivity index (χ3v) is 2.95. The number of carbonyl (C=O) groups excluding carboxylic acids is 1. The van der Waals surface area contributed by atoms with Crippen LogP contribution >= 0.6 is 23.2 Å². The first kappa shape index (κ1) is 12.3. The lowest BCUT2D eigenvalue weighted by atomic mass is 10.3. The first-order valence-electron chi connectivity index (χ1n) is 5.34. The van der Waals surface area contributed by atoms with E-state index < -0.39 is 0 Å². The standard InChI is InChI=1S/C12H12Cl2N2O/c13-9-3-4-10(14)11(7-9)16-12(17)15-6-5-8-1-2-8/h3-8H,1-2H2,(H2,15,16,17)/b6-5+. The number of allylic oxidation sites excluding steroid dienone is 1. The van der Waals surface area contributed by atoms with Gasteiger partial charge in [-0.1, -0.05) is 29.3 Å². The number of benzene rings is 1. The molecule has 1 fully saturated rings. The molecule has 0 saturated heterocycles. The highest BCUT2D eigenvalue weighted by Crippen LogP contribution is 2.29. The molecule has 1 aliphatic carbocycles. The maximum atomic E-state index is 11.5. The van der Waals surface area contributed by atoms with Crippen LogP contribution in [0.2, 0.25) is 10.0 Å². The number of anilines is 1. The molecule has 0 radical (unpaired) electrons. The van der Waals surface area contributed by atoms with Crippen molar-refractivity contribution in [1.82, 2.24) is 5.32 Å². The van der Waals surface area contributed by atoms with Crippen molar-refractivity contribution in [2.75, 3.05) is 5.32 Å². The second-order valence-electron chi connectivity index (χ2n) is 3.92. The monoisotopic (exact) mass is 270 g/mol. The van der Waals surface area contributed by atoms with E-state index in [1.54, 1.807) is 24.4 Å². The molecule has 2 rings (SSSR count). The zero-order valence-corrected chi connectivity index (χ0v) is 10.6. The summed E-state index contributed by atoms with van der Waals surface area (Å²) in [6.45, 7) is 0. The summed E-state index contributed by atoms with van der Waals surface area (Å²) in [7, 11) is 0. The molecule has 0 unspecified atom stereocenters. The van der Waals surface area contributed by atoms with Crippen LogP contribution in [0.25, 0.3) is 0 Å². The maximum absolute atomic E-state index is 11.5. The van der Waals surface area contributed by atoms with Crippen LogP contribution in [0.15, 0.2) is 30.5 Å². The van der Waals surface area contributed by atoms with E-state index in [9.17, 15) is 4.79 Å². The molecule has 1 aromatic rings. The second kappa shape index (κ2) is 5.43. The van der Waals surface area contributed by atoms with Gasteiger partial charge in [0.1, 0.15) is 0 Å². The summed E-state index contributed by atoms with van der Waals surface area (Å²) in [6, 6.07) is 4.58. The fraction of sp³-hybridized carbons (Fsp3) is 0.250.